The molecule has 106 valence electrons. The van der Waals surface area contributed by atoms with Crippen molar-refractivity contribution >= 4 is 17.5 Å². The smallest absolute Gasteiger partial charge is 0.365 e. The molecule has 0 fully saturated rings. The van der Waals surface area contributed by atoms with Crippen LogP contribution in [0.25, 0.3) is 5.69 Å². The van der Waals surface area contributed by atoms with Crippen molar-refractivity contribution in [2.75, 3.05) is 0 Å². The third kappa shape index (κ3) is 2.34. The predicted molar refractivity (Wildman–Crippen MR) is 62.1 cm³/mol. The van der Waals surface area contributed by atoms with Gasteiger partial charge in [0.25, 0.3) is 5.91 Å². The van der Waals surface area contributed by atoms with Crippen LogP contribution in [-0.2, 0) is 6.18 Å². The summed E-state index contributed by atoms with van der Waals surface area (Å²) in [6.07, 6.45) is -4.33. The van der Waals surface area contributed by atoms with Crippen molar-refractivity contribution in [1.29, 1.82) is 0 Å². The zero-order chi connectivity index (χ0) is 15.1. The summed E-state index contributed by atoms with van der Waals surface area (Å²) in [4.78, 5) is 11.0. The molecule has 1 aromatic heterocycles. The van der Waals surface area contributed by atoms with Gasteiger partial charge in [0.15, 0.2) is 5.69 Å². The van der Waals surface area contributed by atoms with E-state index in [1.165, 1.54) is 12.1 Å². The Kier molecular flexibility index (Phi) is 3.43. The van der Waals surface area contributed by atoms with Crippen LogP contribution in [0, 0.1) is 5.82 Å². The number of alkyl halides is 3. The molecule has 0 saturated carbocycles. The topological polar surface area (TPSA) is 60.9 Å². The lowest BCUT2D eigenvalue weighted by atomic mass is 10.2. The van der Waals surface area contributed by atoms with Crippen molar-refractivity contribution in [1.82, 2.24) is 9.78 Å². The Bertz CT molecular complexity index is 661. The highest BCUT2D eigenvalue weighted by molar-refractivity contribution is 6.32. The van der Waals surface area contributed by atoms with Crippen LogP contribution in [0.2, 0.25) is 5.02 Å². The molecule has 1 aromatic carbocycles. The van der Waals surface area contributed by atoms with Gasteiger partial charge in [0.1, 0.15) is 11.5 Å². The first-order valence-electron chi connectivity index (χ1n) is 5.13. The third-order valence-electron chi connectivity index (χ3n) is 2.45. The van der Waals surface area contributed by atoms with E-state index in [1.807, 2.05) is 0 Å². The second kappa shape index (κ2) is 4.78. The lowest BCUT2D eigenvalue weighted by Gasteiger charge is -2.13. The number of benzene rings is 1. The Hall–Kier alpha value is -2.09. The highest BCUT2D eigenvalue weighted by Crippen LogP contribution is 2.35. The van der Waals surface area contributed by atoms with Crippen LogP contribution in [0.4, 0.5) is 17.6 Å². The Morgan fingerprint density at radius 2 is 2.00 bits per heavy atom. The first kappa shape index (κ1) is 14.3. The van der Waals surface area contributed by atoms with Crippen molar-refractivity contribution in [2.24, 2.45) is 5.73 Å². The van der Waals surface area contributed by atoms with Crippen molar-refractivity contribution in [3.8, 4) is 5.69 Å². The van der Waals surface area contributed by atoms with E-state index in [2.05, 4.69) is 5.10 Å². The molecule has 2 N–H and O–H groups in total. The fourth-order valence-electron chi connectivity index (χ4n) is 1.66. The Balaban J connectivity index is 2.80. The van der Waals surface area contributed by atoms with Crippen LogP contribution in [0.3, 0.4) is 0 Å². The molecule has 0 aliphatic rings. The number of para-hydroxylation sites is 1. The van der Waals surface area contributed by atoms with Gasteiger partial charge in [-0.05, 0) is 12.1 Å². The molecule has 2 aromatic rings. The number of rotatable bonds is 2. The maximum absolute atomic E-state index is 13.7. The molecule has 9 heteroatoms. The van der Waals surface area contributed by atoms with E-state index >= 15 is 0 Å². The second-order valence-corrected chi connectivity index (χ2v) is 4.16. The summed E-state index contributed by atoms with van der Waals surface area (Å²) in [5.74, 6) is -2.34. The zero-order valence-corrected chi connectivity index (χ0v) is 10.3. The van der Waals surface area contributed by atoms with E-state index in [0.29, 0.717) is 6.20 Å². The number of primary amides is 1. The van der Waals surface area contributed by atoms with Crippen LogP contribution >= 0.6 is 11.6 Å². The molecule has 0 aliphatic heterocycles. The van der Waals surface area contributed by atoms with Gasteiger partial charge in [-0.2, -0.15) is 18.3 Å². The molecule has 1 heterocycles. The number of halogens is 5. The molecule has 0 radical (unpaired) electrons. The monoisotopic (exact) mass is 307 g/mol. The normalized spacial score (nSPS) is 11.7. The summed E-state index contributed by atoms with van der Waals surface area (Å²) >= 11 is 5.69. The van der Waals surface area contributed by atoms with Crippen LogP contribution in [-0.4, -0.2) is 15.7 Å². The standard InChI is InChI=1S/C11H6ClF4N3O/c12-6-2-1-3-7(13)8(6)19-9(11(14,15)16)5(4-18-19)10(17)20/h1-4H,(H2,17,20). The molecule has 0 aliphatic carbocycles. The molecule has 0 spiro atoms. The van der Waals surface area contributed by atoms with Gasteiger partial charge >= 0.3 is 6.18 Å². The van der Waals surface area contributed by atoms with Gasteiger partial charge in [-0.3, -0.25) is 4.79 Å². The van der Waals surface area contributed by atoms with Gasteiger partial charge in [0.2, 0.25) is 0 Å². The third-order valence-corrected chi connectivity index (χ3v) is 2.76. The number of amides is 1. The Morgan fingerprint density at radius 1 is 1.35 bits per heavy atom. The average Bonchev–Trinajstić information content (AvgIpc) is 2.73. The minimum atomic E-state index is -4.95. The molecule has 0 unspecified atom stereocenters. The van der Waals surface area contributed by atoms with Crippen molar-refractivity contribution in [3.05, 3.63) is 46.5 Å². The number of hydrogen-bond donors (Lipinski definition) is 1. The van der Waals surface area contributed by atoms with E-state index in [1.54, 1.807) is 0 Å². The summed E-state index contributed by atoms with van der Waals surface area (Å²) in [6, 6.07) is 3.35. The minimum Gasteiger partial charge on any atom is -0.365 e. The SMILES string of the molecule is NC(=O)c1cnn(-c2c(F)cccc2Cl)c1C(F)(F)F. The van der Waals surface area contributed by atoms with E-state index < -0.39 is 34.8 Å². The summed E-state index contributed by atoms with van der Waals surface area (Å²) in [5, 5.41) is 3.08. The average molecular weight is 308 g/mol. The fraction of sp³-hybridized carbons (Fsp3) is 0.0909. The summed E-state index contributed by atoms with van der Waals surface area (Å²) in [7, 11) is 0. The highest BCUT2D eigenvalue weighted by Gasteiger charge is 2.40. The number of hydrogen-bond acceptors (Lipinski definition) is 2. The Morgan fingerprint density at radius 3 is 2.50 bits per heavy atom. The Labute approximate surface area is 114 Å². The molecule has 0 bridgehead atoms. The van der Waals surface area contributed by atoms with Crippen LogP contribution < -0.4 is 5.73 Å². The number of carbonyl (C=O) groups is 1. The van der Waals surface area contributed by atoms with Gasteiger partial charge in [-0.25, -0.2) is 9.07 Å². The number of carbonyl (C=O) groups excluding carboxylic acids is 1. The lowest BCUT2D eigenvalue weighted by molar-refractivity contribution is -0.143. The highest BCUT2D eigenvalue weighted by atomic mass is 35.5. The molecule has 4 nitrogen and oxygen atoms in total. The summed E-state index contributed by atoms with van der Waals surface area (Å²) in [5.41, 5.74) is 1.92. The first-order valence-corrected chi connectivity index (χ1v) is 5.50. The molecular weight excluding hydrogens is 302 g/mol. The maximum atomic E-state index is 13.7. The first-order chi connectivity index (χ1) is 9.23. The van der Waals surface area contributed by atoms with Crippen LogP contribution in [0.1, 0.15) is 16.1 Å². The van der Waals surface area contributed by atoms with Gasteiger partial charge in [-0.1, -0.05) is 17.7 Å². The van der Waals surface area contributed by atoms with E-state index in [-0.39, 0.29) is 9.70 Å². The van der Waals surface area contributed by atoms with E-state index in [4.69, 9.17) is 17.3 Å². The minimum absolute atomic E-state index is 0.220. The fourth-order valence-corrected chi connectivity index (χ4v) is 1.91. The van der Waals surface area contributed by atoms with Gasteiger partial charge in [-0.15, -0.1) is 0 Å². The second-order valence-electron chi connectivity index (χ2n) is 3.75. The summed E-state index contributed by atoms with van der Waals surface area (Å²) < 4.78 is 53.0. The quantitative estimate of drug-likeness (QED) is 0.867. The van der Waals surface area contributed by atoms with Crippen LogP contribution in [0.5, 0.6) is 0 Å². The van der Waals surface area contributed by atoms with Crippen LogP contribution in [0.15, 0.2) is 24.4 Å². The van der Waals surface area contributed by atoms with Crippen molar-refractivity contribution in [3.63, 3.8) is 0 Å². The lowest BCUT2D eigenvalue weighted by Crippen LogP contribution is -2.21. The number of nitrogens with two attached hydrogens (primary N) is 1. The molecule has 0 saturated heterocycles. The summed E-state index contributed by atoms with van der Waals surface area (Å²) in [6.45, 7) is 0. The number of aromatic nitrogens is 2. The van der Waals surface area contributed by atoms with Crippen molar-refractivity contribution in [2.45, 2.75) is 6.18 Å². The maximum Gasteiger partial charge on any atom is 0.434 e. The molecule has 0 atom stereocenters. The molecule has 2 rings (SSSR count). The molecular formula is C11H6ClF4N3O. The molecule has 1 amide bonds. The zero-order valence-electron chi connectivity index (χ0n) is 9.58. The molecule has 20 heavy (non-hydrogen) atoms. The van der Waals surface area contributed by atoms with Crippen molar-refractivity contribution < 1.29 is 22.4 Å². The predicted octanol–water partition coefficient (Wildman–Crippen LogP) is 2.78. The van der Waals surface area contributed by atoms with E-state index in [9.17, 15) is 22.4 Å². The van der Waals surface area contributed by atoms with Gasteiger partial charge < -0.3 is 5.73 Å². The van der Waals surface area contributed by atoms with Gasteiger partial charge in [0.05, 0.1) is 16.8 Å². The number of nitrogens with zero attached hydrogens (tertiary/aromatic N) is 2. The largest absolute Gasteiger partial charge is 0.434 e. The van der Waals surface area contributed by atoms with Gasteiger partial charge in [0, 0.05) is 0 Å². The van der Waals surface area contributed by atoms with E-state index in [0.717, 1.165) is 6.07 Å².